The van der Waals surface area contributed by atoms with Crippen molar-refractivity contribution in [2.24, 2.45) is 0 Å². The minimum atomic E-state index is -0.333. The van der Waals surface area contributed by atoms with Crippen LogP contribution in [0.3, 0.4) is 0 Å². The lowest BCUT2D eigenvalue weighted by Crippen LogP contribution is -2.35. The van der Waals surface area contributed by atoms with Gasteiger partial charge in [-0.05, 0) is 25.1 Å². The molecule has 1 aliphatic heterocycles. The highest BCUT2D eigenvalue weighted by molar-refractivity contribution is 9.10. The number of nitro groups is 1. The maximum Gasteiger partial charge on any atom is 0.275 e. The van der Waals surface area contributed by atoms with Gasteiger partial charge in [-0.1, -0.05) is 15.9 Å². The third kappa shape index (κ3) is 1.65. The minimum Gasteiger partial charge on any atom is -0.310 e. The summed E-state index contributed by atoms with van der Waals surface area (Å²) in [4.78, 5) is 10.4. The van der Waals surface area contributed by atoms with Crippen molar-refractivity contribution in [3.63, 3.8) is 0 Å². The summed E-state index contributed by atoms with van der Waals surface area (Å²) in [7, 11) is 0. The third-order valence-corrected chi connectivity index (χ3v) is 2.88. The fourth-order valence-electron chi connectivity index (χ4n) is 1.52. The number of benzene rings is 1. The Morgan fingerprint density at radius 2 is 2.29 bits per heavy atom. The van der Waals surface area contributed by atoms with Gasteiger partial charge in [-0.2, -0.15) is 0 Å². The summed E-state index contributed by atoms with van der Waals surface area (Å²) >= 11 is 3.23. The molecule has 1 aromatic rings. The molecule has 1 saturated heterocycles. The fourth-order valence-corrected chi connectivity index (χ4v) is 1.87. The first-order valence-corrected chi connectivity index (χ1v) is 5.15. The number of nitro benzene ring substituents is 1. The first-order chi connectivity index (χ1) is 6.68. The molecule has 5 heteroatoms. The fraction of sp³-hybridized carbons (Fsp3) is 0.333. The molecule has 0 radical (unpaired) electrons. The first kappa shape index (κ1) is 9.61. The van der Waals surface area contributed by atoms with Crippen LogP contribution in [0.4, 0.5) is 5.69 Å². The van der Waals surface area contributed by atoms with Crippen LogP contribution in [0.15, 0.2) is 22.7 Å². The lowest BCUT2D eigenvalue weighted by atomic mass is 9.96. The van der Waals surface area contributed by atoms with Crippen molar-refractivity contribution in [1.82, 2.24) is 5.32 Å². The van der Waals surface area contributed by atoms with E-state index in [1.54, 1.807) is 12.1 Å². The maximum absolute atomic E-state index is 10.8. The molecule has 1 fully saturated rings. The van der Waals surface area contributed by atoms with Gasteiger partial charge < -0.3 is 5.32 Å². The van der Waals surface area contributed by atoms with E-state index in [2.05, 4.69) is 21.2 Å². The monoisotopic (exact) mass is 256 g/mol. The molecule has 0 spiro atoms. The van der Waals surface area contributed by atoms with Gasteiger partial charge in [0, 0.05) is 22.1 Å². The Kier molecular flexibility index (Phi) is 2.52. The van der Waals surface area contributed by atoms with Gasteiger partial charge in [-0.3, -0.25) is 10.1 Å². The molecule has 1 aromatic carbocycles. The molecule has 14 heavy (non-hydrogen) atoms. The standard InChI is InChI=1S/C9H9BrN2O2/c10-6-1-2-7(8-3-4-11-8)9(5-6)12(13)14/h1-2,5,8,11H,3-4H2. The van der Waals surface area contributed by atoms with Gasteiger partial charge in [0.25, 0.3) is 5.69 Å². The topological polar surface area (TPSA) is 55.2 Å². The Labute approximate surface area is 89.6 Å². The summed E-state index contributed by atoms with van der Waals surface area (Å²) in [5, 5.41) is 13.9. The Hall–Kier alpha value is -0.940. The van der Waals surface area contributed by atoms with Crippen LogP contribution >= 0.6 is 15.9 Å². The van der Waals surface area contributed by atoms with Gasteiger partial charge in [0.2, 0.25) is 0 Å². The van der Waals surface area contributed by atoms with Crippen LogP contribution in [0.5, 0.6) is 0 Å². The second-order valence-corrected chi connectivity index (χ2v) is 4.17. The van der Waals surface area contributed by atoms with E-state index in [0.29, 0.717) is 0 Å². The van der Waals surface area contributed by atoms with E-state index in [4.69, 9.17) is 0 Å². The second kappa shape index (κ2) is 3.67. The van der Waals surface area contributed by atoms with Gasteiger partial charge in [-0.25, -0.2) is 0 Å². The predicted octanol–water partition coefficient (Wildman–Crippen LogP) is 2.39. The number of halogens is 1. The molecule has 0 amide bonds. The van der Waals surface area contributed by atoms with Crippen molar-refractivity contribution in [3.05, 3.63) is 38.3 Å². The van der Waals surface area contributed by atoms with Crippen LogP contribution in [0.2, 0.25) is 0 Å². The molecule has 1 heterocycles. The van der Waals surface area contributed by atoms with E-state index in [-0.39, 0.29) is 16.7 Å². The highest BCUT2D eigenvalue weighted by atomic mass is 79.9. The summed E-state index contributed by atoms with van der Waals surface area (Å²) in [5.74, 6) is 0. The summed E-state index contributed by atoms with van der Waals surface area (Å²) in [6, 6.07) is 5.35. The van der Waals surface area contributed by atoms with Crippen LogP contribution in [0, 0.1) is 10.1 Å². The van der Waals surface area contributed by atoms with Crippen LogP contribution in [0.25, 0.3) is 0 Å². The number of hydrogen-bond acceptors (Lipinski definition) is 3. The summed E-state index contributed by atoms with van der Waals surface area (Å²) in [6.07, 6.45) is 0.975. The van der Waals surface area contributed by atoms with Crippen molar-refractivity contribution in [2.75, 3.05) is 6.54 Å². The zero-order valence-electron chi connectivity index (χ0n) is 7.37. The van der Waals surface area contributed by atoms with Crippen LogP contribution < -0.4 is 5.32 Å². The first-order valence-electron chi connectivity index (χ1n) is 4.35. The van der Waals surface area contributed by atoms with E-state index >= 15 is 0 Å². The van der Waals surface area contributed by atoms with Gasteiger partial charge in [-0.15, -0.1) is 0 Å². The Balaban J connectivity index is 2.41. The van der Waals surface area contributed by atoms with Gasteiger partial charge >= 0.3 is 0 Å². The van der Waals surface area contributed by atoms with Crippen molar-refractivity contribution >= 4 is 21.6 Å². The maximum atomic E-state index is 10.8. The van der Waals surface area contributed by atoms with Crippen LogP contribution in [-0.4, -0.2) is 11.5 Å². The molecular formula is C9H9BrN2O2. The zero-order chi connectivity index (χ0) is 10.1. The van der Waals surface area contributed by atoms with Gasteiger partial charge in [0.15, 0.2) is 0 Å². The average molecular weight is 257 g/mol. The molecule has 1 aliphatic rings. The number of nitrogens with one attached hydrogen (secondary N) is 1. The Morgan fingerprint density at radius 3 is 2.79 bits per heavy atom. The molecular weight excluding hydrogens is 248 g/mol. The highest BCUT2D eigenvalue weighted by Gasteiger charge is 2.26. The van der Waals surface area contributed by atoms with Gasteiger partial charge in [0.05, 0.1) is 4.92 Å². The van der Waals surface area contributed by atoms with E-state index in [1.807, 2.05) is 6.07 Å². The summed E-state index contributed by atoms with van der Waals surface area (Å²) < 4.78 is 0.743. The summed E-state index contributed by atoms with van der Waals surface area (Å²) in [6.45, 7) is 0.942. The van der Waals surface area contributed by atoms with E-state index in [1.165, 1.54) is 0 Å². The third-order valence-electron chi connectivity index (χ3n) is 2.39. The zero-order valence-corrected chi connectivity index (χ0v) is 8.95. The number of rotatable bonds is 2. The van der Waals surface area contributed by atoms with Crippen molar-refractivity contribution in [3.8, 4) is 0 Å². The molecule has 1 unspecified atom stereocenters. The largest absolute Gasteiger partial charge is 0.310 e. The van der Waals surface area contributed by atoms with Crippen molar-refractivity contribution < 1.29 is 4.92 Å². The molecule has 0 saturated carbocycles. The van der Waals surface area contributed by atoms with Crippen LogP contribution in [-0.2, 0) is 0 Å². The lowest BCUT2D eigenvalue weighted by molar-refractivity contribution is -0.386. The molecule has 0 aromatic heterocycles. The van der Waals surface area contributed by atoms with E-state index < -0.39 is 0 Å². The van der Waals surface area contributed by atoms with Gasteiger partial charge in [0.1, 0.15) is 0 Å². The number of hydrogen-bond donors (Lipinski definition) is 1. The molecule has 1 N–H and O–H groups in total. The minimum absolute atomic E-state index is 0.156. The Morgan fingerprint density at radius 1 is 1.57 bits per heavy atom. The predicted molar refractivity (Wildman–Crippen MR) is 56.2 cm³/mol. The van der Waals surface area contributed by atoms with Crippen molar-refractivity contribution in [1.29, 1.82) is 0 Å². The van der Waals surface area contributed by atoms with E-state index in [0.717, 1.165) is 23.0 Å². The average Bonchev–Trinajstić information content (AvgIpc) is 2.04. The molecule has 1 atom stereocenters. The van der Waals surface area contributed by atoms with Crippen LogP contribution in [0.1, 0.15) is 18.0 Å². The molecule has 74 valence electrons. The quantitative estimate of drug-likeness (QED) is 0.653. The Bertz CT molecular complexity index is 377. The summed E-state index contributed by atoms with van der Waals surface area (Å²) in [5.41, 5.74) is 0.973. The molecule has 2 rings (SSSR count). The smallest absolute Gasteiger partial charge is 0.275 e. The SMILES string of the molecule is O=[N+]([O-])c1cc(Br)ccc1C1CCN1. The molecule has 0 bridgehead atoms. The number of nitrogens with zero attached hydrogens (tertiary/aromatic N) is 1. The van der Waals surface area contributed by atoms with E-state index in [9.17, 15) is 10.1 Å². The lowest BCUT2D eigenvalue weighted by Gasteiger charge is -2.27. The second-order valence-electron chi connectivity index (χ2n) is 3.26. The van der Waals surface area contributed by atoms with Crippen molar-refractivity contribution in [2.45, 2.75) is 12.5 Å². The molecule has 4 nitrogen and oxygen atoms in total. The normalized spacial score (nSPS) is 20.2. The molecule has 0 aliphatic carbocycles. The highest BCUT2D eigenvalue weighted by Crippen LogP contribution is 2.32.